The average Bonchev–Trinajstić information content (AvgIpc) is 2.59. The molecule has 29 heavy (non-hydrogen) atoms. The second-order valence-corrected chi connectivity index (χ2v) is 8.73. The maximum atomic E-state index is 13.5. The van der Waals surface area contributed by atoms with Gasteiger partial charge in [0.25, 0.3) is 0 Å². The van der Waals surface area contributed by atoms with Gasteiger partial charge in [0.05, 0.1) is 13.0 Å². The van der Waals surface area contributed by atoms with E-state index in [1.165, 1.54) is 6.92 Å². The Morgan fingerprint density at radius 3 is 2.45 bits per heavy atom. The van der Waals surface area contributed by atoms with Crippen molar-refractivity contribution in [3.8, 4) is 22.8 Å². The minimum Gasteiger partial charge on any atom is -0.477 e. The number of primary amides is 1. The van der Waals surface area contributed by atoms with Crippen LogP contribution in [0, 0.1) is 5.41 Å². The lowest BCUT2D eigenvalue weighted by Gasteiger charge is -2.21. The zero-order valence-corrected chi connectivity index (χ0v) is 18.1. The predicted octanol–water partition coefficient (Wildman–Crippen LogP) is 5.02. The van der Waals surface area contributed by atoms with E-state index >= 15 is 0 Å². The van der Waals surface area contributed by atoms with Gasteiger partial charge in [-0.2, -0.15) is 0 Å². The third-order valence-electron chi connectivity index (χ3n) is 4.23. The zero-order valence-electron chi connectivity index (χ0n) is 18.1. The highest BCUT2D eigenvalue weighted by Gasteiger charge is 2.19. The van der Waals surface area contributed by atoms with Crippen LogP contribution in [0.25, 0.3) is 11.1 Å². The van der Waals surface area contributed by atoms with Crippen LogP contribution >= 0.6 is 0 Å². The molecule has 0 radical (unpaired) electrons. The third-order valence-corrected chi connectivity index (χ3v) is 4.23. The number of nitrogens with zero attached hydrogens (tertiary/aromatic N) is 1. The fourth-order valence-electron chi connectivity index (χ4n) is 3.01. The summed E-state index contributed by atoms with van der Waals surface area (Å²) < 4.78 is 24.7. The minimum atomic E-state index is -1.45. The molecule has 0 saturated carbocycles. The van der Waals surface area contributed by atoms with Gasteiger partial charge in [-0.05, 0) is 51.8 Å². The van der Waals surface area contributed by atoms with Crippen molar-refractivity contribution in [1.82, 2.24) is 4.98 Å². The van der Waals surface area contributed by atoms with Crippen LogP contribution in [0.5, 0.6) is 11.6 Å². The summed E-state index contributed by atoms with van der Waals surface area (Å²) in [5.41, 5.74) is 8.77. The molecule has 0 spiro atoms. The Morgan fingerprint density at radius 1 is 1.21 bits per heavy atom. The summed E-state index contributed by atoms with van der Waals surface area (Å²) in [5.74, 6) is 0.554. The molecule has 2 N–H and O–H groups in total. The summed E-state index contributed by atoms with van der Waals surface area (Å²) in [7, 11) is 0. The van der Waals surface area contributed by atoms with Crippen molar-refractivity contribution in [3.05, 3.63) is 41.6 Å². The number of carbonyl (C=O) groups excluding carboxylic acids is 1. The number of halogens is 1. The fourth-order valence-corrected chi connectivity index (χ4v) is 3.01. The lowest BCUT2D eigenvalue weighted by molar-refractivity contribution is -0.117. The minimum absolute atomic E-state index is 0.00928. The van der Waals surface area contributed by atoms with E-state index < -0.39 is 12.3 Å². The van der Waals surface area contributed by atoms with Crippen molar-refractivity contribution in [2.45, 2.75) is 60.2 Å². The second kappa shape index (κ2) is 9.25. The molecule has 158 valence electrons. The van der Waals surface area contributed by atoms with Gasteiger partial charge >= 0.3 is 0 Å². The van der Waals surface area contributed by atoms with Gasteiger partial charge in [-0.15, -0.1) is 0 Å². The molecule has 2 rings (SSSR count). The van der Waals surface area contributed by atoms with Gasteiger partial charge in [0.1, 0.15) is 5.75 Å². The van der Waals surface area contributed by atoms with Crippen molar-refractivity contribution in [2.75, 3.05) is 6.61 Å². The summed E-state index contributed by atoms with van der Waals surface area (Å²) in [5, 5.41) is 0. The highest BCUT2D eigenvalue weighted by molar-refractivity contribution is 5.82. The van der Waals surface area contributed by atoms with Crippen LogP contribution in [-0.4, -0.2) is 23.9 Å². The van der Waals surface area contributed by atoms with E-state index in [-0.39, 0.29) is 17.8 Å². The number of pyridine rings is 1. The number of rotatable bonds is 8. The normalized spacial score (nSPS) is 12.7. The van der Waals surface area contributed by atoms with E-state index in [4.69, 9.17) is 15.2 Å². The lowest BCUT2D eigenvalue weighted by Crippen LogP contribution is -2.17. The summed E-state index contributed by atoms with van der Waals surface area (Å²) in [4.78, 5) is 16.0. The quantitative estimate of drug-likeness (QED) is 0.673. The van der Waals surface area contributed by atoms with Gasteiger partial charge in [-0.3, -0.25) is 4.79 Å². The largest absolute Gasteiger partial charge is 0.477 e. The van der Waals surface area contributed by atoms with Gasteiger partial charge in [0.15, 0.2) is 0 Å². The molecule has 1 atom stereocenters. The fraction of sp³-hybridized carbons (Fsp3) is 0.478. The highest BCUT2D eigenvalue weighted by atomic mass is 19.1. The molecule has 0 bridgehead atoms. The second-order valence-electron chi connectivity index (χ2n) is 8.73. The summed E-state index contributed by atoms with van der Waals surface area (Å²) in [6.45, 7) is 12.1. The molecule has 1 aromatic carbocycles. The maximum absolute atomic E-state index is 13.5. The number of amides is 1. The van der Waals surface area contributed by atoms with Gasteiger partial charge in [-0.25, -0.2) is 9.37 Å². The molecule has 1 heterocycles. The van der Waals surface area contributed by atoms with Crippen LogP contribution in [0.3, 0.4) is 0 Å². The molecular weight excluding hydrogens is 371 g/mol. The zero-order chi connectivity index (χ0) is 21.8. The van der Waals surface area contributed by atoms with Crippen LogP contribution in [0.2, 0.25) is 0 Å². The van der Waals surface area contributed by atoms with Gasteiger partial charge < -0.3 is 15.2 Å². The van der Waals surface area contributed by atoms with Gasteiger partial charge in [0, 0.05) is 19.2 Å². The molecule has 6 heteroatoms. The monoisotopic (exact) mass is 402 g/mol. The van der Waals surface area contributed by atoms with E-state index in [0.717, 1.165) is 22.3 Å². The van der Waals surface area contributed by atoms with E-state index in [9.17, 15) is 9.18 Å². The van der Waals surface area contributed by atoms with Crippen molar-refractivity contribution in [3.63, 3.8) is 0 Å². The Hall–Kier alpha value is -2.63. The van der Waals surface area contributed by atoms with Crippen molar-refractivity contribution in [1.29, 1.82) is 0 Å². The first-order chi connectivity index (χ1) is 13.5. The Morgan fingerprint density at radius 2 is 1.90 bits per heavy atom. The first kappa shape index (κ1) is 22.7. The smallest absolute Gasteiger partial charge is 0.235 e. The van der Waals surface area contributed by atoms with E-state index in [0.29, 0.717) is 18.2 Å². The summed E-state index contributed by atoms with van der Waals surface area (Å²) >= 11 is 0. The van der Waals surface area contributed by atoms with Crippen molar-refractivity contribution >= 4 is 5.91 Å². The standard InChI is InChI=1S/C23H31FN2O3/c1-14(2)18-10-17(29-15(3)24)11-19(20(18)12-21(25)27)16-7-8-26-22(9-16)28-13-23(4,5)6/h7-11,14-15H,12-13H2,1-6H3,(H2,25,27). The van der Waals surface area contributed by atoms with Crippen LogP contribution in [-0.2, 0) is 11.2 Å². The first-order valence-corrected chi connectivity index (χ1v) is 9.81. The van der Waals surface area contributed by atoms with Crippen LogP contribution in [0.1, 0.15) is 58.6 Å². The highest BCUT2D eigenvalue weighted by Crippen LogP contribution is 2.36. The van der Waals surface area contributed by atoms with Gasteiger partial charge in [-0.1, -0.05) is 34.6 Å². The molecule has 5 nitrogen and oxygen atoms in total. The Kier molecular flexibility index (Phi) is 7.22. The van der Waals surface area contributed by atoms with Crippen LogP contribution in [0.15, 0.2) is 30.5 Å². The molecule has 0 saturated heterocycles. The number of hydrogen-bond acceptors (Lipinski definition) is 4. The number of alkyl halides is 1. The molecular formula is C23H31FN2O3. The van der Waals surface area contributed by atoms with E-state index in [1.807, 2.05) is 26.0 Å². The Labute approximate surface area is 172 Å². The van der Waals surface area contributed by atoms with E-state index in [1.54, 1.807) is 18.3 Å². The maximum Gasteiger partial charge on any atom is 0.235 e. The van der Waals surface area contributed by atoms with Crippen molar-refractivity contribution < 1.29 is 18.7 Å². The number of aromatic nitrogens is 1. The summed E-state index contributed by atoms with van der Waals surface area (Å²) in [6.07, 6.45) is 0.282. The SMILES string of the molecule is CC(F)Oc1cc(-c2ccnc(OCC(C)(C)C)c2)c(CC(N)=O)c(C(C)C)c1. The molecule has 0 aliphatic heterocycles. The molecule has 0 aliphatic carbocycles. The number of carbonyl (C=O) groups is 1. The number of benzene rings is 1. The summed E-state index contributed by atoms with van der Waals surface area (Å²) in [6, 6.07) is 7.17. The molecule has 1 unspecified atom stereocenters. The molecule has 0 fully saturated rings. The number of hydrogen-bond donors (Lipinski definition) is 1. The third kappa shape index (κ3) is 6.73. The molecule has 0 aliphatic rings. The average molecular weight is 403 g/mol. The topological polar surface area (TPSA) is 74.4 Å². The van der Waals surface area contributed by atoms with E-state index in [2.05, 4.69) is 25.8 Å². The van der Waals surface area contributed by atoms with Crippen LogP contribution < -0.4 is 15.2 Å². The predicted molar refractivity (Wildman–Crippen MR) is 113 cm³/mol. The molecule has 1 amide bonds. The molecule has 2 aromatic rings. The van der Waals surface area contributed by atoms with Gasteiger partial charge in [0.2, 0.25) is 18.1 Å². The molecule has 1 aromatic heterocycles. The Bertz CT molecular complexity index is 858. The lowest BCUT2D eigenvalue weighted by atomic mass is 9.88. The van der Waals surface area contributed by atoms with Crippen molar-refractivity contribution in [2.24, 2.45) is 11.1 Å². The number of ether oxygens (including phenoxy) is 2. The van der Waals surface area contributed by atoms with Crippen LogP contribution in [0.4, 0.5) is 4.39 Å². The Balaban J connectivity index is 2.59. The number of nitrogens with two attached hydrogens (primary N) is 1. The first-order valence-electron chi connectivity index (χ1n) is 9.81.